The zero-order chi connectivity index (χ0) is 11.5. The molecule has 2 fully saturated rings. The molecule has 2 bridgehead atoms. The normalized spacial score (nSPS) is 52.1. The van der Waals surface area contributed by atoms with Crippen molar-refractivity contribution < 1.29 is 9.53 Å². The van der Waals surface area contributed by atoms with Crippen molar-refractivity contribution in [3.8, 4) is 0 Å². The number of ether oxygens (including phenoxy) is 1. The lowest BCUT2D eigenvalue weighted by Crippen LogP contribution is -2.54. The molecule has 4 unspecified atom stereocenters. The highest BCUT2D eigenvalue weighted by Crippen LogP contribution is 2.71. The summed E-state index contributed by atoms with van der Waals surface area (Å²) in [4.78, 5) is 11.1. The molecule has 0 aromatic heterocycles. The average Bonchev–Trinajstić information content (AvgIpc) is 2.61. The standard InChI is InChI=1S/C13H22O2/c1-11(2)12(3)7-9(6-10(12)8-14)13(11,4)15-5/h8-10H,6-7H2,1-5H3. The molecular formula is C13H22O2. The van der Waals surface area contributed by atoms with Crippen molar-refractivity contribution in [1.29, 1.82) is 0 Å². The van der Waals surface area contributed by atoms with E-state index < -0.39 is 0 Å². The van der Waals surface area contributed by atoms with E-state index in [0.29, 0.717) is 5.92 Å². The third kappa shape index (κ3) is 0.968. The van der Waals surface area contributed by atoms with Crippen molar-refractivity contribution in [2.24, 2.45) is 22.7 Å². The van der Waals surface area contributed by atoms with Gasteiger partial charge in [0.05, 0.1) is 5.60 Å². The van der Waals surface area contributed by atoms with Gasteiger partial charge in [-0.15, -0.1) is 0 Å². The molecule has 0 saturated heterocycles. The number of methoxy groups -OCH3 is 1. The number of hydrogen-bond donors (Lipinski definition) is 0. The summed E-state index contributed by atoms with van der Waals surface area (Å²) in [5, 5.41) is 0. The van der Waals surface area contributed by atoms with Crippen molar-refractivity contribution in [1.82, 2.24) is 0 Å². The van der Waals surface area contributed by atoms with Crippen LogP contribution in [0.1, 0.15) is 40.5 Å². The van der Waals surface area contributed by atoms with Gasteiger partial charge in [-0.05, 0) is 36.5 Å². The number of carbonyl (C=O) groups is 1. The highest BCUT2D eigenvalue weighted by atomic mass is 16.5. The Morgan fingerprint density at radius 1 is 1.27 bits per heavy atom. The van der Waals surface area contributed by atoms with Crippen LogP contribution in [0.4, 0.5) is 0 Å². The second-order valence-corrected chi connectivity index (χ2v) is 6.23. The molecular weight excluding hydrogens is 188 g/mol. The van der Waals surface area contributed by atoms with Crippen molar-refractivity contribution in [3.63, 3.8) is 0 Å². The van der Waals surface area contributed by atoms with Crippen LogP contribution >= 0.6 is 0 Å². The van der Waals surface area contributed by atoms with E-state index in [4.69, 9.17) is 4.74 Å². The van der Waals surface area contributed by atoms with Crippen LogP contribution in [-0.4, -0.2) is 19.0 Å². The quantitative estimate of drug-likeness (QED) is 0.655. The summed E-state index contributed by atoms with van der Waals surface area (Å²) in [5.74, 6) is 0.762. The highest BCUT2D eigenvalue weighted by molar-refractivity contribution is 5.57. The van der Waals surface area contributed by atoms with Crippen LogP contribution in [0.3, 0.4) is 0 Å². The number of rotatable bonds is 2. The zero-order valence-corrected chi connectivity index (χ0v) is 10.5. The molecule has 0 aromatic rings. The molecule has 86 valence electrons. The molecule has 2 aliphatic rings. The molecule has 2 aliphatic carbocycles. The van der Waals surface area contributed by atoms with Crippen LogP contribution in [0, 0.1) is 22.7 Å². The Hall–Kier alpha value is -0.370. The molecule has 0 heterocycles. The molecule has 2 heteroatoms. The van der Waals surface area contributed by atoms with Crippen molar-refractivity contribution >= 4 is 6.29 Å². The van der Waals surface area contributed by atoms with Gasteiger partial charge in [0.2, 0.25) is 0 Å². The number of carbonyl (C=O) groups excluding carboxylic acids is 1. The smallest absolute Gasteiger partial charge is 0.123 e. The summed E-state index contributed by atoms with van der Waals surface area (Å²) in [6, 6.07) is 0. The molecule has 0 spiro atoms. The van der Waals surface area contributed by atoms with Gasteiger partial charge in [0.1, 0.15) is 6.29 Å². The monoisotopic (exact) mass is 210 g/mol. The van der Waals surface area contributed by atoms with Crippen LogP contribution in [-0.2, 0) is 9.53 Å². The van der Waals surface area contributed by atoms with Gasteiger partial charge in [-0.2, -0.15) is 0 Å². The number of fused-ring (bicyclic) bond motifs is 2. The molecule has 0 radical (unpaired) electrons. The lowest BCUT2D eigenvalue weighted by atomic mass is 9.55. The first-order chi connectivity index (χ1) is 6.83. The first-order valence-corrected chi connectivity index (χ1v) is 5.84. The molecule has 0 amide bonds. The predicted octanol–water partition coefficient (Wildman–Crippen LogP) is 2.66. The summed E-state index contributed by atoms with van der Waals surface area (Å²) in [7, 11) is 1.81. The number of aldehydes is 1. The van der Waals surface area contributed by atoms with E-state index >= 15 is 0 Å². The third-order valence-corrected chi connectivity index (χ3v) is 6.06. The molecule has 0 N–H and O–H groups in total. The maximum atomic E-state index is 11.1. The summed E-state index contributed by atoms with van der Waals surface area (Å²) in [5.41, 5.74) is 0.120. The maximum Gasteiger partial charge on any atom is 0.123 e. The highest BCUT2D eigenvalue weighted by Gasteiger charge is 2.70. The second-order valence-electron chi connectivity index (χ2n) is 6.23. The molecule has 0 aliphatic heterocycles. The molecule has 2 rings (SSSR count). The van der Waals surface area contributed by atoms with E-state index in [2.05, 4.69) is 27.7 Å². The molecule has 15 heavy (non-hydrogen) atoms. The zero-order valence-electron chi connectivity index (χ0n) is 10.5. The summed E-state index contributed by atoms with van der Waals surface area (Å²) in [6.45, 7) is 8.98. The Kier molecular flexibility index (Phi) is 2.11. The predicted molar refractivity (Wildman–Crippen MR) is 59.6 cm³/mol. The minimum atomic E-state index is -0.0682. The Morgan fingerprint density at radius 2 is 1.87 bits per heavy atom. The van der Waals surface area contributed by atoms with E-state index in [9.17, 15) is 4.79 Å². The first-order valence-electron chi connectivity index (χ1n) is 5.84. The Bertz CT molecular complexity index is 297. The van der Waals surface area contributed by atoms with Gasteiger partial charge in [-0.25, -0.2) is 0 Å². The van der Waals surface area contributed by atoms with Gasteiger partial charge in [-0.3, -0.25) is 0 Å². The van der Waals surface area contributed by atoms with E-state index in [-0.39, 0.29) is 22.3 Å². The van der Waals surface area contributed by atoms with Gasteiger partial charge in [0.25, 0.3) is 0 Å². The Labute approximate surface area is 92.4 Å². The molecule has 4 atom stereocenters. The van der Waals surface area contributed by atoms with Crippen LogP contribution in [0.2, 0.25) is 0 Å². The van der Waals surface area contributed by atoms with Gasteiger partial charge >= 0.3 is 0 Å². The molecule has 0 aromatic carbocycles. The van der Waals surface area contributed by atoms with Gasteiger partial charge in [-0.1, -0.05) is 20.8 Å². The first kappa shape index (κ1) is 11.1. The summed E-state index contributed by atoms with van der Waals surface area (Å²) >= 11 is 0. The van der Waals surface area contributed by atoms with Crippen molar-refractivity contribution in [2.75, 3.05) is 7.11 Å². The fraction of sp³-hybridized carbons (Fsp3) is 0.923. The van der Waals surface area contributed by atoms with Gasteiger partial charge in [0, 0.05) is 13.0 Å². The fourth-order valence-corrected chi connectivity index (χ4v) is 4.16. The molecule has 2 nitrogen and oxygen atoms in total. The number of hydrogen-bond acceptors (Lipinski definition) is 2. The lowest BCUT2D eigenvalue weighted by Gasteiger charge is -2.53. The second kappa shape index (κ2) is 2.85. The Morgan fingerprint density at radius 3 is 2.27 bits per heavy atom. The summed E-state index contributed by atoms with van der Waals surface area (Å²) in [6.07, 6.45) is 3.30. The minimum absolute atomic E-state index is 0.0682. The largest absolute Gasteiger partial charge is 0.378 e. The van der Waals surface area contributed by atoms with Crippen molar-refractivity contribution in [2.45, 2.75) is 46.1 Å². The topological polar surface area (TPSA) is 26.3 Å². The van der Waals surface area contributed by atoms with Crippen LogP contribution in [0.15, 0.2) is 0 Å². The summed E-state index contributed by atoms with van der Waals surface area (Å²) < 4.78 is 5.79. The van der Waals surface area contributed by atoms with Crippen LogP contribution in [0.5, 0.6) is 0 Å². The average molecular weight is 210 g/mol. The molecule has 2 saturated carbocycles. The lowest BCUT2D eigenvalue weighted by molar-refractivity contribution is -0.158. The fourth-order valence-electron chi connectivity index (χ4n) is 4.16. The van der Waals surface area contributed by atoms with Gasteiger partial charge in [0.15, 0.2) is 0 Å². The van der Waals surface area contributed by atoms with E-state index in [1.807, 2.05) is 7.11 Å². The van der Waals surface area contributed by atoms with E-state index in [1.54, 1.807) is 0 Å². The minimum Gasteiger partial charge on any atom is -0.378 e. The third-order valence-electron chi connectivity index (χ3n) is 6.06. The van der Waals surface area contributed by atoms with E-state index in [0.717, 1.165) is 19.1 Å². The van der Waals surface area contributed by atoms with Gasteiger partial charge < -0.3 is 9.53 Å². The van der Waals surface area contributed by atoms with Crippen LogP contribution in [0.25, 0.3) is 0 Å². The SMILES string of the molecule is COC1(C)C2CC(C=O)C(C)(C2)C1(C)C. The van der Waals surface area contributed by atoms with Crippen molar-refractivity contribution in [3.05, 3.63) is 0 Å². The van der Waals surface area contributed by atoms with E-state index in [1.165, 1.54) is 0 Å². The Balaban J connectivity index is 2.47. The maximum absolute atomic E-state index is 11.1. The van der Waals surface area contributed by atoms with Crippen LogP contribution < -0.4 is 0 Å².